The monoisotopic (exact) mass is 302 g/mol. The predicted molar refractivity (Wildman–Crippen MR) is 86.5 cm³/mol. The molecule has 3 nitrogen and oxygen atoms in total. The van der Waals surface area contributed by atoms with Gasteiger partial charge in [0.15, 0.2) is 0 Å². The lowest BCUT2D eigenvalue weighted by Gasteiger charge is -2.15. The van der Waals surface area contributed by atoms with Gasteiger partial charge in [-0.25, -0.2) is 4.98 Å². The van der Waals surface area contributed by atoms with E-state index in [1.165, 1.54) is 11.3 Å². The molecule has 1 aromatic carbocycles. The Morgan fingerprint density at radius 1 is 1.29 bits per heavy atom. The molecule has 1 atom stereocenters. The summed E-state index contributed by atoms with van der Waals surface area (Å²) in [5, 5.41) is 2.13. The summed E-state index contributed by atoms with van der Waals surface area (Å²) in [5.74, 6) is 0. The predicted octanol–water partition coefficient (Wildman–Crippen LogP) is 3.37. The van der Waals surface area contributed by atoms with Crippen molar-refractivity contribution in [2.75, 3.05) is 19.7 Å². The van der Waals surface area contributed by atoms with Crippen molar-refractivity contribution in [2.45, 2.75) is 31.9 Å². The van der Waals surface area contributed by atoms with Gasteiger partial charge in [-0.3, -0.25) is 4.90 Å². The van der Waals surface area contributed by atoms with Crippen molar-refractivity contribution in [1.82, 2.24) is 9.88 Å². The number of rotatable bonds is 7. The average Bonchev–Trinajstić information content (AvgIpc) is 3.17. The van der Waals surface area contributed by atoms with Gasteiger partial charge in [0.25, 0.3) is 0 Å². The fourth-order valence-corrected chi connectivity index (χ4v) is 3.34. The van der Waals surface area contributed by atoms with E-state index >= 15 is 0 Å². The lowest BCUT2D eigenvalue weighted by atomic mass is 10.1. The standard InChI is InChI=1S/C17H22N2OS/c1-2-5-15(6-3-1)7-4-10-20-17-8-9-19(12-17)11-16-13-21-14-18-16/h1-3,5-6,13-14,17H,4,7-12H2/t17-/m1/s1. The lowest BCUT2D eigenvalue weighted by molar-refractivity contribution is 0.0570. The molecule has 0 aliphatic carbocycles. The maximum Gasteiger partial charge on any atom is 0.0795 e. The summed E-state index contributed by atoms with van der Waals surface area (Å²) in [6, 6.07) is 10.6. The first kappa shape index (κ1) is 14.7. The molecule has 21 heavy (non-hydrogen) atoms. The summed E-state index contributed by atoms with van der Waals surface area (Å²) in [4.78, 5) is 6.79. The molecular weight excluding hydrogens is 280 g/mol. The molecule has 0 amide bonds. The van der Waals surface area contributed by atoms with Crippen molar-refractivity contribution >= 4 is 11.3 Å². The fourth-order valence-electron chi connectivity index (χ4n) is 2.79. The first-order valence-electron chi connectivity index (χ1n) is 7.65. The molecule has 0 N–H and O–H groups in total. The number of ether oxygens (including phenoxy) is 1. The van der Waals surface area contributed by atoms with Gasteiger partial charge in [0.2, 0.25) is 0 Å². The fraction of sp³-hybridized carbons (Fsp3) is 0.471. The highest BCUT2D eigenvalue weighted by atomic mass is 32.1. The van der Waals surface area contributed by atoms with Gasteiger partial charge >= 0.3 is 0 Å². The van der Waals surface area contributed by atoms with E-state index in [0.717, 1.165) is 45.5 Å². The summed E-state index contributed by atoms with van der Waals surface area (Å²) >= 11 is 1.67. The topological polar surface area (TPSA) is 25.4 Å². The summed E-state index contributed by atoms with van der Waals surface area (Å²) in [7, 11) is 0. The molecule has 1 fully saturated rings. The van der Waals surface area contributed by atoms with Crippen LogP contribution in [0, 0.1) is 0 Å². The van der Waals surface area contributed by atoms with E-state index in [1.807, 2.05) is 5.51 Å². The van der Waals surface area contributed by atoms with Gasteiger partial charge in [-0.1, -0.05) is 30.3 Å². The molecule has 1 aromatic heterocycles. The molecule has 3 rings (SSSR count). The maximum atomic E-state index is 6.01. The van der Waals surface area contributed by atoms with E-state index in [-0.39, 0.29) is 0 Å². The summed E-state index contributed by atoms with van der Waals surface area (Å²) in [5.41, 5.74) is 4.49. The molecule has 0 unspecified atom stereocenters. The molecule has 0 bridgehead atoms. The molecule has 2 aromatic rings. The van der Waals surface area contributed by atoms with Gasteiger partial charge in [0.1, 0.15) is 0 Å². The van der Waals surface area contributed by atoms with Crippen LogP contribution in [0.3, 0.4) is 0 Å². The third kappa shape index (κ3) is 4.63. The Morgan fingerprint density at radius 3 is 3.00 bits per heavy atom. The molecule has 2 heterocycles. The Bertz CT molecular complexity index is 515. The molecule has 0 saturated carbocycles. The van der Waals surface area contributed by atoms with Crippen LogP contribution >= 0.6 is 11.3 Å². The van der Waals surface area contributed by atoms with Gasteiger partial charge in [-0.2, -0.15) is 0 Å². The molecule has 0 spiro atoms. The second-order valence-electron chi connectivity index (χ2n) is 5.59. The summed E-state index contributed by atoms with van der Waals surface area (Å²) in [6.07, 6.45) is 3.76. The molecular formula is C17H22N2OS. The molecule has 1 aliphatic rings. The van der Waals surface area contributed by atoms with Gasteiger partial charge in [0.05, 0.1) is 17.3 Å². The second kappa shape index (κ2) is 7.69. The highest BCUT2D eigenvalue weighted by Gasteiger charge is 2.23. The maximum absolute atomic E-state index is 6.01. The lowest BCUT2D eigenvalue weighted by Crippen LogP contribution is -2.23. The number of nitrogens with zero attached hydrogens (tertiary/aromatic N) is 2. The molecule has 1 saturated heterocycles. The smallest absolute Gasteiger partial charge is 0.0795 e. The van der Waals surface area contributed by atoms with E-state index in [4.69, 9.17) is 4.74 Å². The zero-order valence-corrected chi connectivity index (χ0v) is 13.1. The van der Waals surface area contributed by atoms with Crippen LogP contribution in [0.25, 0.3) is 0 Å². The van der Waals surface area contributed by atoms with E-state index in [9.17, 15) is 0 Å². The van der Waals surface area contributed by atoms with Gasteiger partial charge in [-0.05, 0) is 24.8 Å². The Morgan fingerprint density at radius 2 is 2.19 bits per heavy atom. The highest BCUT2D eigenvalue weighted by molar-refractivity contribution is 7.07. The number of benzene rings is 1. The van der Waals surface area contributed by atoms with Crippen molar-refractivity contribution in [3.8, 4) is 0 Å². The largest absolute Gasteiger partial charge is 0.377 e. The quantitative estimate of drug-likeness (QED) is 0.733. The summed E-state index contributed by atoms with van der Waals surface area (Å²) in [6.45, 7) is 4.00. The molecule has 1 aliphatic heterocycles. The van der Waals surface area contributed by atoms with Crippen LogP contribution in [-0.4, -0.2) is 35.7 Å². The third-order valence-corrected chi connectivity index (χ3v) is 4.54. The van der Waals surface area contributed by atoms with Crippen molar-refractivity contribution in [1.29, 1.82) is 0 Å². The van der Waals surface area contributed by atoms with E-state index in [1.54, 1.807) is 11.3 Å². The van der Waals surface area contributed by atoms with Crippen LogP contribution in [0.1, 0.15) is 24.1 Å². The minimum absolute atomic E-state index is 0.402. The van der Waals surface area contributed by atoms with Crippen molar-refractivity contribution in [3.63, 3.8) is 0 Å². The number of likely N-dealkylation sites (tertiary alicyclic amines) is 1. The first-order chi connectivity index (χ1) is 10.4. The highest BCUT2D eigenvalue weighted by Crippen LogP contribution is 2.16. The van der Waals surface area contributed by atoms with Crippen LogP contribution < -0.4 is 0 Å². The van der Waals surface area contributed by atoms with E-state index in [0.29, 0.717) is 6.10 Å². The van der Waals surface area contributed by atoms with E-state index < -0.39 is 0 Å². The Kier molecular flexibility index (Phi) is 5.38. The zero-order chi connectivity index (χ0) is 14.3. The number of thiazole rings is 1. The minimum atomic E-state index is 0.402. The van der Waals surface area contributed by atoms with Crippen LogP contribution in [0.4, 0.5) is 0 Å². The Hall–Kier alpha value is -1.23. The van der Waals surface area contributed by atoms with Gasteiger partial charge in [-0.15, -0.1) is 11.3 Å². The number of aryl methyl sites for hydroxylation is 1. The molecule has 112 valence electrons. The van der Waals surface area contributed by atoms with Crippen molar-refractivity contribution in [2.24, 2.45) is 0 Å². The van der Waals surface area contributed by atoms with Gasteiger partial charge < -0.3 is 4.74 Å². The Labute approximate surface area is 130 Å². The average molecular weight is 302 g/mol. The minimum Gasteiger partial charge on any atom is -0.377 e. The van der Waals surface area contributed by atoms with Crippen LogP contribution in [-0.2, 0) is 17.7 Å². The SMILES string of the molecule is c1ccc(CCCO[C@@H]2CCN(Cc3cscn3)C2)cc1. The van der Waals surface area contributed by atoms with Crippen LogP contribution in [0.5, 0.6) is 0 Å². The molecule has 0 radical (unpaired) electrons. The van der Waals surface area contributed by atoms with Crippen LogP contribution in [0.15, 0.2) is 41.2 Å². The van der Waals surface area contributed by atoms with Gasteiger partial charge in [0, 0.05) is 31.6 Å². The number of aromatic nitrogens is 1. The normalized spacial score (nSPS) is 19.1. The Balaban J connectivity index is 1.32. The third-order valence-electron chi connectivity index (χ3n) is 3.90. The second-order valence-corrected chi connectivity index (χ2v) is 6.30. The zero-order valence-electron chi connectivity index (χ0n) is 12.3. The first-order valence-corrected chi connectivity index (χ1v) is 8.59. The summed E-state index contributed by atoms with van der Waals surface area (Å²) < 4.78 is 6.01. The van der Waals surface area contributed by atoms with E-state index in [2.05, 4.69) is 45.6 Å². The number of hydrogen-bond acceptors (Lipinski definition) is 4. The molecule has 4 heteroatoms. The van der Waals surface area contributed by atoms with Crippen molar-refractivity contribution in [3.05, 3.63) is 52.5 Å². The van der Waals surface area contributed by atoms with Crippen LogP contribution in [0.2, 0.25) is 0 Å². The van der Waals surface area contributed by atoms with Crippen molar-refractivity contribution < 1.29 is 4.74 Å². The number of hydrogen-bond donors (Lipinski definition) is 0.